The van der Waals surface area contributed by atoms with Crippen molar-refractivity contribution in [2.45, 2.75) is 64.7 Å². The van der Waals surface area contributed by atoms with Crippen LogP contribution in [0.4, 0.5) is 0 Å². The molecule has 0 fully saturated rings. The van der Waals surface area contributed by atoms with Crippen LogP contribution < -0.4 is 0 Å². The molecule has 1 atom stereocenters. The van der Waals surface area contributed by atoms with Crippen LogP contribution in [-0.2, 0) is 19.1 Å². The lowest BCUT2D eigenvalue weighted by Gasteiger charge is -2.10. The molecule has 31 heavy (non-hydrogen) atoms. The summed E-state index contributed by atoms with van der Waals surface area (Å²) in [5.74, 6) is -2.61. The molecule has 8 nitrogen and oxygen atoms in total. The Hall–Kier alpha value is -2.74. The summed E-state index contributed by atoms with van der Waals surface area (Å²) in [5, 5.41) is 17.4. The molecule has 1 rings (SSSR count). The van der Waals surface area contributed by atoms with Crippen molar-refractivity contribution in [2.24, 2.45) is 5.92 Å². The first-order valence-electron chi connectivity index (χ1n) is 10.7. The van der Waals surface area contributed by atoms with Crippen LogP contribution in [0.25, 0.3) is 0 Å². The Kier molecular flexibility index (Phi) is 12.8. The highest BCUT2D eigenvalue weighted by molar-refractivity contribution is 5.99. The smallest absolute Gasteiger partial charge is 0.345 e. The second kappa shape index (κ2) is 15.1. The van der Waals surface area contributed by atoms with Crippen LogP contribution in [0.15, 0.2) is 24.3 Å². The zero-order chi connectivity index (χ0) is 23.1. The van der Waals surface area contributed by atoms with Gasteiger partial charge >= 0.3 is 23.9 Å². The summed E-state index contributed by atoms with van der Waals surface area (Å²) in [4.78, 5) is 46.6. The number of rotatable bonds is 15. The van der Waals surface area contributed by atoms with E-state index in [0.29, 0.717) is 25.7 Å². The molecule has 0 bridgehead atoms. The van der Waals surface area contributed by atoms with Crippen LogP contribution in [0.5, 0.6) is 0 Å². The highest BCUT2D eigenvalue weighted by Gasteiger charge is 2.16. The topological polar surface area (TPSA) is 127 Å². The Balaban J connectivity index is 2.37. The highest BCUT2D eigenvalue weighted by Crippen LogP contribution is 2.12. The molecule has 1 aromatic rings. The van der Waals surface area contributed by atoms with Gasteiger partial charge in [-0.05, 0) is 49.8 Å². The second-order valence-corrected chi connectivity index (χ2v) is 7.55. The number of hydrogen-bond acceptors (Lipinski definition) is 7. The summed E-state index contributed by atoms with van der Waals surface area (Å²) < 4.78 is 10.0. The monoisotopic (exact) mass is 436 g/mol. The number of ether oxygens (including phenoxy) is 2. The fraction of sp³-hybridized carbons (Fsp3) is 0.565. The summed E-state index contributed by atoms with van der Waals surface area (Å²) in [6.45, 7) is 2.26. The van der Waals surface area contributed by atoms with Gasteiger partial charge in [0.2, 0.25) is 0 Å². The molecule has 0 radical (unpaired) electrons. The molecular weight excluding hydrogens is 404 g/mol. The normalized spacial score (nSPS) is 11.5. The standard InChI is InChI=1S/C23H32O8/c1-17(12-14-24)13-15-30-22(28)18-8-7-9-19(16-18)23(29)31-21(27)11-6-4-2-3-5-10-20(25)26/h7-9,16-17,24H,2-6,10-15H2,1H3,(H,25,26). The fourth-order valence-corrected chi connectivity index (χ4v) is 2.86. The number of unbranched alkanes of at least 4 members (excludes halogenated alkanes) is 4. The molecule has 1 aromatic carbocycles. The molecule has 0 aliphatic rings. The van der Waals surface area contributed by atoms with Crippen molar-refractivity contribution in [1.29, 1.82) is 0 Å². The Bertz CT molecular complexity index is 728. The summed E-state index contributed by atoms with van der Waals surface area (Å²) in [5.41, 5.74) is 0.281. The first-order chi connectivity index (χ1) is 14.8. The predicted molar refractivity (Wildman–Crippen MR) is 113 cm³/mol. The molecule has 1 unspecified atom stereocenters. The molecule has 2 N–H and O–H groups in total. The first-order valence-corrected chi connectivity index (χ1v) is 10.7. The van der Waals surface area contributed by atoms with Gasteiger partial charge in [0.15, 0.2) is 0 Å². The van der Waals surface area contributed by atoms with Crippen LogP contribution >= 0.6 is 0 Å². The van der Waals surface area contributed by atoms with Crippen molar-refractivity contribution in [3.8, 4) is 0 Å². The van der Waals surface area contributed by atoms with Crippen molar-refractivity contribution in [2.75, 3.05) is 13.2 Å². The molecule has 0 spiro atoms. The summed E-state index contributed by atoms with van der Waals surface area (Å²) in [6, 6.07) is 5.82. The molecular formula is C23H32O8. The van der Waals surface area contributed by atoms with Gasteiger partial charge < -0.3 is 19.7 Å². The fourth-order valence-electron chi connectivity index (χ4n) is 2.86. The highest BCUT2D eigenvalue weighted by atomic mass is 16.6. The minimum absolute atomic E-state index is 0.0881. The van der Waals surface area contributed by atoms with E-state index in [1.165, 1.54) is 24.3 Å². The zero-order valence-corrected chi connectivity index (χ0v) is 18.0. The SMILES string of the molecule is CC(CCO)CCOC(=O)c1cccc(C(=O)OC(=O)CCCCCCCC(=O)O)c1. The summed E-state index contributed by atoms with van der Waals surface area (Å²) >= 11 is 0. The second-order valence-electron chi connectivity index (χ2n) is 7.55. The van der Waals surface area contributed by atoms with Crippen LogP contribution in [0.2, 0.25) is 0 Å². The first kappa shape index (κ1) is 26.3. The maximum atomic E-state index is 12.2. The van der Waals surface area contributed by atoms with E-state index in [1.54, 1.807) is 0 Å². The number of benzene rings is 1. The zero-order valence-electron chi connectivity index (χ0n) is 18.0. The number of hydrogen-bond donors (Lipinski definition) is 2. The lowest BCUT2D eigenvalue weighted by Crippen LogP contribution is -2.14. The van der Waals surface area contributed by atoms with Gasteiger partial charge in [0.25, 0.3) is 0 Å². The molecule has 0 amide bonds. The summed E-state index contributed by atoms with van der Waals surface area (Å²) in [7, 11) is 0. The van der Waals surface area contributed by atoms with Gasteiger partial charge in [0.05, 0.1) is 17.7 Å². The van der Waals surface area contributed by atoms with Gasteiger partial charge in [-0.1, -0.05) is 32.3 Å². The van der Waals surface area contributed by atoms with Gasteiger partial charge in [-0.25, -0.2) is 9.59 Å². The van der Waals surface area contributed by atoms with Crippen molar-refractivity contribution < 1.29 is 38.9 Å². The van der Waals surface area contributed by atoms with Crippen LogP contribution in [0, 0.1) is 5.92 Å². The number of aliphatic hydroxyl groups is 1. The van der Waals surface area contributed by atoms with Crippen molar-refractivity contribution in [3.63, 3.8) is 0 Å². The molecule has 0 aliphatic heterocycles. The van der Waals surface area contributed by atoms with E-state index >= 15 is 0 Å². The van der Waals surface area contributed by atoms with Gasteiger partial charge in [-0.2, -0.15) is 0 Å². The van der Waals surface area contributed by atoms with E-state index in [1.807, 2.05) is 6.92 Å². The molecule has 0 saturated carbocycles. The van der Waals surface area contributed by atoms with Crippen molar-refractivity contribution in [1.82, 2.24) is 0 Å². The van der Waals surface area contributed by atoms with E-state index in [2.05, 4.69) is 0 Å². The van der Waals surface area contributed by atoms with Gasteiger partial charge in [-0.15, -0.1) is 0 Å². The number of carbonyl (C=O) groups excluding carboxylic acids is 3. The lowest BCUT2D eigenvalue weighted by molar-refractivity contribution is -0.138. The van der Waals surface area contributed by atoms with Crippen LogP contribution in [0.3, 0.4) is 0 Å². The van der Waals surface area contributed by atoms with Gasteiger partial charge in [0, 0.05) is 19.4 Å². The quantitative estimate of drug-likeness (QED) is 0.242. The van der Waals surface area contributed by atoms with E-state index in [0.717, 1.165) is 19.3 Å². The predicted octanol–water partition coefficient (Wildman–Crippen LogP) is 3.75. The van der Waals surface area contributed by atoms with E-state index in [-0.39, 0.29) is 43.1 Å². The minimum atomic E-state index is -0.822. The third-order valence-electron chi connectivity index (χ3n) is 4.78. The molecule has 172 valence electrons. The molecule has 8 heteroatoms. The maximum Gasteiger partial charge on any atom is 0.345 e. The van der Waals surface area contributed by atoms with Crippen molar-refractivity contribution >= 4 is 23.9 Å². The number of carbonyl (C=O) groups is 4. The lowest BCUT2D eigenvalue weighted by atomic mass is 10.1. The van der Waals surface area contributed by atoms with E-state index in [4.69, 9.17) is 19.7 Å². The average molecular weight is 437 g/mol. The molecule has 0 heterocycles. The Labute approximate surface area is 182 Å². The molecule has 0 aliphatic carbocycles. The van der Waals surface area contributed by atoms with Gasteiger partial charge in [-0.3, -0.25) is 9.59 Å². The Morgan fingerprint density at radius 3 is 2.16 bits per heavy atom. The average Bonchev–Trinajstić information content (AvgIpc) is 2.73. The number of aliphatic carboxylic acids is 1. The maximum absolute atomic E-state index is 12.2. The Morgan fingerprint density at radius 1 is 0.903 bits per heavy atom. The number of carboxylic acid groups (broad SMARTS) is 1. The van der Waals surface area contributed by atoms with Gasteiger partial charge in [0.1, 0.15) is 0 Å². The van der Waals surface area contributed by atoms with E-state index < -0.39 is 23.9 Å². The van der Waals surface area contributed by atoms with Crippen molar-refractivity contribution in [3.05, 3.63) is 35.4 Å². The van der Waals surface area contributed by atoms with E-state index in [9.17, 15) is 19.2 Å². The molecule has 0 aromatic heterocycles. The molecule has 0 saturated heterocycles. The third kappa shape index (κ3) is 11.9. The largest absolute Gasteiger partial charge is 0.481 e. The van der Waals surface area contributed by atoms with Crippen LogP contribution in [-0.4, -0.2) is 47.3 Å². The third-order valence-corrected chi connectivity index (χ3v) is 4.78. The van der Waals surface area contributed by atoms with Crippen LogP contribution in [0.1, 0.15) is 85.4 Å². The number of esters is 3. The minimum Gasteiger partial charge on any atom is -0.481 e. The Morgan fingerprint density at radius 2 is 1.52 bits per heavy atom. The number of aliphatic hydroxyl groups excluding tert-OH is 1. The number of carboxylic acids is 1. The summed E-state index contributed by atoms with van der Waals surface area (Å²) in [6.07, 6.45) is 5.02.